The predicted octanol–water partition coefficient (Wildman–Crippen LogP) is 2.80. The highest BCUT2D eigenvalue weighted by Crippen LogP contribution is 2.34. The van der Waals surface area contributed by atoms with Crippen LogP contribution in [0.25, 0.3) is 0 Å². The summed E-state index contributed by atoms with van der Waals surface area (Å²) in [5.74, 6) is 0.379. The number of aliphatic hydroxyl groups excluding tert-OH is 1. The maximum absolute atomic E-state index is 13.0. The molecule has 3 atom stereocenters. The minimum Gasteiger partial charge on any atom is -0.394 e. The number of rotatable bonds is 5. The third kappa shape index (κ3) is 5.25. The summed E-state index contributed by atoms with van der Waals surface area (Å²) in [4.78, 5) is 19.1. The lowest BCUT2D eigenvalue weighted by atomic mass is 9.88. The van der Waals surface area contributed by atoms with E-state index in [9.17, 15) is 23.1 Å². The van der Waals surface area contributed by atoms with Crippen molar-refractivity contribution in [1.29, 1.82) is 0 Å². The first-order chi connectivity index (χ1) is 14.2. The van der Waals surface area contributed by atoms with Gasteiger partial charge in [-0.1, -0.05) is 19.4 Å². The van der Waals surface area contributed by atoms with E-state index in [1.807, 2.05) is 0 Å². The molecule has 2 N–H and O–H groups in total. The van der Waals surface area contributed by atoms with Gasteiger partial charge in [-0.3, -0.25) is 0 Å². The zero-order chi connectivity index (χ0) is 21.9. The topological polar surface area (TPSA) is 59.1 Å². The van der Waals surface area contributed by atoms with E-state index in [0.29, 0.717) is 6.54 Å². The van der Waals surface area contributed by atoms with Crippen molar-refractivity contribution in [3.63, 3.8) is 0 Å². The first-order valence-corrected chi connectivity index (χ1v) is 10.5. The molecule has 0 saturated carbocycles. The number of anilines is 1. The normalized spacial score (nSPS) is 26.2. The number of carbonyl (C=O) groups is 1. The van der Waals surface area contributed by atoms with Crippen LogP contribution in [0.1, 0.15) is 18.9 Å². The van der Waals surface area contributed by atoms with Crippen LogP contribution in [0.4, 0.5) is 23.7 Å². The molecule has 6 nitrogen and oxygen atoms in total. The molecule has 2 fully saturated rings. The molecule has 9 heteroatoms. The fraction of sp³-hybridized carbons (Fsp3) is 0.667. The summed E-state index contributed by atoms with van der Waals surface area (Å²) in [7, 11) is 2.10. The highest BCUT2D eigenvalue weighted by Gasteiger charge is 2.43. The van der Waals surface area contributed by atoms with Gasteiger partial charge in [0, 0.05) is 45.0 Å². The zero-order valence-electron chi connectivity index (χ0n) is 17.5. The molecule has 2 aliphatic rings. The van der Waals surface area contributed by atoms with Gasteiger partial charge in [-0.2, -0.15) is 13.2 Å². The van der Waals surface area contributed by atoms with Crippen LogP contribution >= 0.6 is 0 Å². The van der Waals surface area contributed by atoms with Gasteiger partial charge in [0.2, 0.25) is 0 Å². The monoisotopic (exact) mass is 428 g/mol. The van der Waals surface area contributed by atoms with Crippen molar-refractivity contribution >= 4 is 11.7 Å². The number of amides is 2. The molecule has 0 aliphatic carbocycles. The molecule has 30 heavy (non-hydrogen) atoms. The van der Waals surface area contributed by atoms with Crippen LogP contribution in [-0.2, 0) is 6.18 Å². The number of alkyl halides is 3. The number of likely N-dealkylation sites (tertiary alicyclic amines) is 1. The summed E-state index contributed by atoms with van der Waals surface area (Å²) in [6, 6.07) is 3.81. The molecule has 1 aromatic rings. The third-order valence-electron chi connectivity index (χ3n) is 6.41. The van der Waals surface area contributed by atoms with Crippen molar-refractivity contribution in [3.8, 4) is 0 Å². The number of piperazine rings is 1. The molecule has 2 amide bonds. The summed E-state index contributed by atoms with van der Waals surface area (Å²) in [6.45, 7) is 7.11. The number of aliphatic hydroxyl groups is 1. The van der Waals surface area contributed by atoms with Gasteiger partial charge in [0.1, 0.15) is 0 Å². The highest BCUT2D eigenvalue weighted by atomic mass is 19.4. The lowest BCUT2D eigenvalue weighted by Crippen LogP contribution is -2.49. The summed E-state index contributed by atoms with van der Waals surface area (Å²) >= 11 is 0. The third-order valence-corrected chi connectivity index (χ3v) is 6.41. The minimum atomic E-state index is -4.47. The van der Waals surface area contributed by atoms with Crippen molar-refractivity contribution < 1.29 is 23.1 Å². The van der Waals surface area contributed by atoms with Crippen LogP contribution in [0, 0.1) is 11.8 Å². The van der Waals surface area contributed by atoms with E-state index in [1.165, 1.54) is 12.1 Å². The molecule has 0 spiro atoms. The van der Waals surface area contributed by atoms with Crippen LogP contribution in [0.15, 0.2) is 24.3 Å². The molecule has 0 unspecified atom stereocenters. The maximum atomic E-state index is 13.0. The quantitative estimate of drug-likeness (QED) is 0.757. The minimum absolute atomic E-state index is 0.0991. The van der Waals surface area contributed by atoms with E-state index in [4.69, 9.17) is 0 Å². The lowest BCUT2D eigenvalue weighted by molar-refractivity contribution is -0.137. The SMILES string of the molecule is CC[C@@H]1CN(C(=O)Nc2cccc(C(F)(F)F)c2)[C@H](CO)[C@@H]1CN1CCN(C)CC1. The number of hydrogen-bond acceptors (Lipinski definition) is 4. The average Bonchev–Trinajstić information content (AvgIpc) is 3.06. The first-order valence-electron chi connectivity index (χ1n) is 10.5. The maximum Gasteiger partial charge on any atom is 0.416 e. The Kier molecular flexibility index (Phi) is 7.26. The fourth-order valence-corrected chi connectivity index (χ4v) is 4.54. The Morgan fingerprint density at radius 3 is 2.53 bits per heavy atom. The number of likely N-dealkylation sites (N-methyl/N-ethyl adjacent to an activating group) is 1. The summed E-state index contributed by atoms with van der Waals surface area (Å²) < 4.78 is 38.9. The van der Waals surface area contributed by atoms with Crippen molar-refractivity contribution in [1.82, 2.24) is 14.7 Å². The Hall–Kier alpha value is -1.84. The fourth-order valence-electron chi connectivity index (χ4n) is 4.54. The van der Waals surface area contributed by atoms with Crippen LogP contribution < -0.4 is 5.32 Å². The summed E-state index contributed by atoms with van der Waals surface area (Å²) in [5.41, 5.74) is -0.707. The molecular formula is C21H31F3N4O2. The molecule has 0 radical (unpaired) electrons. The van der Waals surface area contributed by atoms with Gasteiger partial charge in [-0.05, 0) is 37.1 Å². The molecular weight excluding hydrogens is 397 g/mol. The van der Waals surface area contributed by atoms with Crippen LogP contribution in [-0.4, -0.2) is 84.8 Å². The second-order valence-corrected chi connectivity index (χ2v) is 8.35. The molecule has 0 bridgehead atoms. The van der Waals surface area contributed by atoms with Gasteiger partial charge >= 0.3 is 12.2 Å². The van der Waals surface area contributed by atoms with Gasteiger partial charge in [0.15, 0.2) is 0 Å². The van der Waals surface area contributed by atoms with E-state index < -0.39 is 17.8 Å². The number of carbonyl (C=O) groups excluding carboxylic acids is 1. The zero-order valence-corrected chi connectivity index (χ0v) is 17.5. The lowest BCUT2D eigenvalue weighted by Gasteiger charge is -2.36. The van der Waals surface area contributed by atoms with Crippen molar-refractivity contribution in [2.75, 3.05) is 58.2 Å². The summed E-state index contributed by atoms with van der Waals surface area (Å²) in [5, 5.41) is 12.7. The second-order valence-electron chi connectivity index (χ2n) is 8.35. The van der Waals surface area contributed by atoms with E-state index in [2.05, 4.69) is 29.1 Å². The molecule has 2 aliphatic heterocycles. The average molecular weight is 428 g/mol. The Labute approximate surface area is 175 Å². The Bertz CT molecular complexity index is 722. The van der Waals surface area contributed by atoms with E-state index in [-0.39, 0.29) is 30.2 Å². The first kappa shape index (κ1) is 22.8. The largest absolute Gasteiger partial charge is 0.416 e. The number of halogens is 3. The number of nitrogens with one attached hydrogen (secondary N) is 1. The van der Waals surface area contributed by atoms with Crippen molar-refractivity contribution in [2.24, 2.45) is 11.8 Å². The van der Waals surface area contributed by atoms with Gasteiger partial charge in [0.25, 0.3) is 0 Å². The van der Waals surface area contributed by atoms with Crippen LogP contribution in [0.3, 0.4) is 0 Å². The molecule has 3 rings (SSSR count). The molecule has 168 valence electrons. The summed E-state index contributed by atoms with van der Waals surface area (Å²) in [6.07, 6.45) is -3.59. The van der Waals surface area contributed by atoms with Crippen LogP contribution in [0.2, 0.25) is 0 Å². The van der Waals surface area contributed by atoms with Gasteiger partial charge < -0.3 is 25.1 Å². The Morgan fingerprint density at radius 2 is 1.93 bits per heavy atom. The molecule has 2 heterocycles. The van der Waals surface area contributed by atoms with Gasteiger partial charge in [-0.25, -0.2) is 4.79 Å². The second kappa shape index (κ2) is 9.53. The predicted molar refractivity (Wildman–Crippen MR) is 109 cm³/mol. The Morgan fingerprint density at radius 1 is 1.23 bits per heavy atom. The van der Waals surface area contributed by atoms with Crippen LogP contribution in [0.5, 0.6) is 0 Å². The standard InChI is InChI=1S/C21H31F3N4O2/c1-3-15-12-28(19(14-29)18(15)13-27-9-7-26(2)8-10-27)20(30)25-17-6-4-5-16(11-17)21(22,23)24/h4-6,11,15,18-19,29H,3,7-10,12-14H2,1-2H3,(H,25,30)/t15-,18-,19-/m1/s1. The van der Waals surface area contributed by atoms with E-state index in [0.717, 1.165) is 51.3 Å². The van der Waals surface area contributed by atoms with Crippen molar-refractivity contribution in [3.05, 3.63) is 29.8 Å². The van der Waals surface area contributed by atoms with Crippen molar-refractivity contribution in [2.45, 2.75) is 25.6 Å². The van der Waals surface area contributed by atoms with Gasteiger partial charge in [0.05, 0.1) is 18.2 Å². The van der Waals surface area contributed by atoms with E-state index >= 15 is 0 Å². The molecule has 1 aromatic carbocycles. The molecule has 0 aromatic heterocycles. The number of nitrogens with zero attached hydrogens (tertiary/aromatic N) is 3. The molecule has 2 saturated heterocycles. The van der Waals surface area contributed by atoms with E-state index in [1.54, 1.807) is 4.90 Å². The number of benzene rings is 1. The number of urea groups is 1. The Balaban J connectivity index is 1.69. The number of hydrogen-bond donors (Lipinski definition) is 2. The highest BCUT2D eigenvalue weighted by molar-refractivity contribution is 5.90. The van der Waals surface area contributed by atoms with Gasteiger partial charge in [-0.15, -0.1) is 0 Å². The smallest absolute Gasteiger partial charge is 0.394 e.